The third-order valence-electron chi connectivity index (χ3n) is 1.41. The summed E-state index contributed by atoms with van der Waals surface area (Å²) in [6, 6.07) is 3.76. The quantitative estimate of drug-likeness (QED) is 0.655. The molecule has 0 aliphatic heterocycles. The van der Waals surface area contributed by atoms with Crippen LogP contribution in [0, 0.1) is 0 Å². The van der Waals surface area contributed by atoms with E-state index in [2.05, 4.69) is 10.2 Å². The number of nitrogens with zero attached hydrogens (tertiary/aromatic N) is 3. The fourth-order valence-corrected chi connectivity index (χ4v) is 0.805. The first kappa shape index (κ1) is 7.94. The molecule has 0 atom stereocenters. The molecule has 0 aromatic carbocycles. The largest absolute Gasteiger partial charge is 0.357 e. The number of aromatic nitrogens is 2. The summed E-state index contributed by atoms with van der Waals surface area (Å²) in [4.78, 5) is 1.97. The summed E-state index contributed by atoms with van der Waals surface area (Å²) >= 11 is 0. The predicted octanol–water partition coefficient (Wildman–Crippen LogP) is -0.129. The van der Waals surface area contributed by atoms with Crippen LogP contribution in [0.2, 0.25) is 0 Å². The fraction of sp³-hybridized carbons (Fsp3) is 0.429. The van der Waals surface area contributed by atoms with Crippen LogP contribution in [0.3, 0.4) is 0 Å². The normalized spacial score (nSPS) is 9.64. The van der Waals surface area contributed by atoms with E-state index in [4.69, 9.17) is 5.73 Å². The summed E-state index contributed by atoms with van der Waals surface area (Å²) < 4.78 is 0. The topological polar surface area (TPSA) is 55.0 Å². The van der Waals surface area contributed by atoms with E-state index in [0.29, 0.717) is 6.54 Å². The summed E-state index contributed by atoms with van der Waals surface area (Å²) in [6.07, 6.45) is 1.65. The summed E-state index contributed by atoms with van der Waals surface area (Å²) in [6.45, 7) is 1.44. The zero-order valence-electron chi connectivity index (χ0n) is 6.57. The van der Waals surface area contributed by atoms with Crippen LogP contribution in [0.25, 0.3) is 0 Å². The van der Waals surface area contributed by atoms with Crippen LogP contribution in [0.1, 0.15) is 0 Å². The number of rotatable bonds is 3. The molecule has 0 saturated carbocycles. The SMILES string of the molecule is CN(CCN)c1cccnn1. The van der Waals surface area contributed by atoms with Crippen molar-refractivity contribution in [3.63, 3.8) is 0 Å². The third-order valence-corrected chi connectivity index (χ3v) is 1.41. The van der Waals surface area contributed by atoms with Crippen molar-refractivity contribution in [2.24, 2.45) is 5.73 Å². The van der Waals surface area contributed by atoms with Gasteiger partial charge in [-0.25, -0.2) is 0 Å². The van der Waals surface area contributed by atoms with E-state index in [-0.39, 0.29) is 0 Å². The van der Waals surface area contributed by atoms with Crippen LogP contribution in [0.4, 0.5) is 5.82 Å². The molecule has 2 N–H and O–H groups in total. The van der Waals surface area contributed by atoms with E-state index in [1.54, 1.807) is 6.20 Å². The average molecular weight is 152 g/mol. The fourth-order valence-electron chi connectivity index (χ4n) is 0.805. The van der Waals surface area contributed by atoms with Gasteiger partial charge in [-0.05, 0) is 12.1 Å². The van der Waals surface area contributed by atoms with Gasteiger partial charge in [0.2, 0.25) is 0 Å². The lowest BCUT2D eigenvalue weighted by Crippen LogP contribution is -2.25. The van der Waals surface area contributed by atoms with Crippen molar-refractivity contribution >= 4 is 5.82 Å². The molecule has 0 unspecified atom stereocenters. The van der Waals surface area contributed by atoms with Crippen LogP contribution in [-0.4, -0.2) is 30.3 Å². The Balaban J connectivity index is 2.61. The second-order valence-electron chi connectivity index (χ2n) is 2.29. The molecule has 1 aromatic rings. The zero-order valence-corrected chi connectivity index (χ0v) is 6.57. The van der Waals surface area contributed by atoms with Crippen molar-refractivity contribution in [3.8, 4) is 0 Å². The first-order valence-electron chi connectivity index (χ1n) is 3.53. The first-order valence-corrected chi connectivity index (χ1v) is 3.53. The number of hydrogen-bond donors (Lipinski definition) is 1. The van der Waals surface area contributed by atoms with Gasteiger partial charge in [0, 0.05) is 26.3 Å². The smallest absolute Gasteiger partial charge is 0.151 e. The maximum absolute atomic E-state index is 5.38. The highest BCUT2D eigenvalue weighted by atomic mass is 15.2. The van der Waals surface area contributed by atoms with Crippen LogP contribution < -0.4 is 10.6 Å². The highest BCUT2D eigenvalue weighted by Gasteiger charge is 1.98. The third kappa shape index (κ3) is 2.16. The van der Waals surface area contributed by atoms with Crippen molar-refractivity contribution in [3.05, 3.63) is 18.3 Å². The standard InChI is InChI=1S/C7H12N4/c1-11(6-4-8)7-3-2-5-9-10-7/h2-3,5H,4,6,8H2,1H3. The molecular formula is C7H12N4. The van der Waals surface area contributed by atoms with Gasteiger partial charge in [0.1, 0.15) is 0 Å². The number of anilines is 1. The molecule has 1 heterocycles. The van der Waals surface area contributed by atoms with Gasteiger partial charge < -0.3 is 10.6 Å². The Morgan fingerprint density at radius 2 is 2.45 bits per heavy atom. The minimum atomic E-state index is 0.632. The lowest BCUT2D eigenvalue weighted by molar-refractivity contribution is 0.847. The maximum Gasteiger partial charge on any atom is 0.151 e. The van der Waals surface area contributed by atoms with Gasteiger partial charge in [0.15, 0.2) is 5.82 Å². The molecule has 4 nitrogen and oxygen atoms in total. The molecule has 0 aliphatic rings. The van der Waals surface area contributed by atoms with Crippen LogP contribution in [0.15, 0.2) is 18.3 Å². The van der Waals surface area contributed by atoms with E-state index in [1.165, 1.54) is 0 Å². The second-order valence-corrected chi connectivity index (χ2v) is 2.29. The Morgan fingerprint density at radius 1 is 1.64 bits per heavy atom. The molecule has 0 bridgehead atoms. The van der Waals surface area contributed by atoms with Gasteiger partial charge in [-0.15, -0.1) is 5.10 Å². The minimum absolute atomic E-state index is 0.632. The van der Waals surface area contributed by atoms with Crippen molar-refractivity contribution < 1.29 is 0 Å². The highest BCUT2D eigenvalue weighted by Crippen LogP contribution is 2.02. The Morgan fingerprint density at radius 3 is 3.00 bits per heavy atom. The van der Waals surface area contributed by atoms with Crippen molar-refractivity contribution in [1.82, 2.24) is 10.2 Å². The van der Waals surface area contributed by atoms with E-state index < -0.39 is 0 Å². The molecule has 0 spiro atoms. The Labute approximate surface area is 66.0 Å². The lowest BCUT2D eigenvalue weighted by Gasteiger charge is -2.15. The van der Waals surface area contributed by atoms with Crippen molar-refractivity contribution in [1.29, 1.82) is 0 Å². The summed E-state index contributed by atoms with van der Waals surface area (Å²) in [5, 5.41) is 7.67. The van der Waals surface area contributed by atoms with Crippen LogP contribution in [-0.2, 0) is 0 Å². The Kier molecular flexibility index (Phi) is 2.80. The molecule has 1 rings (SSSR count). The summed E-state index contributed by atoms with van der Waals surface area (Å²) in [7, 11) is 1.94. The number of nitrogens with two attached hydrogens (primary N) is 1. The van der Waals surface area contributed by atoms with E-state index in [1.807, 2.05) is 24.1 Å². The van der Waals surface area contributed by atoms with Crippen LogP contribution >= 0.6 is 0 Å². The molecular weight excluding hydrogens is 140 g/mol. The van der Waals surface area contributed by atoms with Gasteiger partial charge in [-0.1, -0.05) is 0 Å². The molecule has 0 saturated heterocycles. The molecule has 60 valence electrons. The van der Waals surface area contributed by atoms with Gasteiger partial charge in [0.25, 0.3) is 0 Å². The Bertz CT molecular complexity index is 199. The minimum Gasteiger partial charge on any atom is -0.357 e. The first-order chi connectivity index (χ1) is 5.34. The molecule has 0 amide bonds. The van der Waals surface area contributed by atoms with E-state index in [9.17, 15) is 0 Å². The van der Waals surface area contributed by atoms with Gasteiger partial charge in [0.05, 0.1) is 0 Å². The summed E-state index contributed by atoms with van der Waals surface area (Å²) in [5.74, 6) is 0.859. The average Bonchev–Trinajstić information content (AvgIpc) is 2.07. The molecule has 1 aromatic heterocycles. The number of likely N-dealkylation sites (N-methyl/N-ethyl adjacent to an activating group) is 1. The molecule has 4 heteroatoms. The van der Waals surface area contributed by atoms with Gasteiger partial charge in [-0.2, -0.15) is 5.10 Å². The predicted molar refractivity (Wildman–Crippen MR) is 44.4 cm³/mol. The van der Waals surface area contributed by atoms with E-state index in [0.717, 1.165) is 12.4 Å². The zero-order chi connectivity index (χ0) is 8.10. The van der Waals surface area contributed by atoms with Crippen LogP contribution in [0.5, 0.6) is 0 Å². The molecule has 0 fully saturated rings. The molecule has 0 radical (unpaired) electrons. The molecule has 11 heavy (non-hydrogen) atoms. The van der Waals surface area contributed by atoms with Gasteiger partial charge in [-0.3, -0.25) is 0 Å². The van der Waals surface area contributed by atoms with E-state index >= 15 is 0 Å². The second kappa shape index (κ2) is 3.88. The number of hydrogen-bond acceptors (Lipinski definition) is 4. The Hall–Kier alpha value is -1.16. The van der Waals surface area contributed by atoms with Crippen molar-refractivity contribution in [2.75, 3.05) is 25.0 Å². The monoisotopic (exact) mass is 152 g/mol. The molecule has 0 aliphatic carbocycles. The summed E-state index contributed by atoms with van der Waals surface area (Å²) in [5.41, 5.74) is 5.38. The van der Waals surface area contributed by atoms with Crippen molar-refractivity contribution in [2.45, 2.75) is 0 Å². The highest BCUT2D eigenvalue weighted by molar-refractivity contribution is 5.34. The van der Waals surface area contributed by atoms with Gasteiger partial charge >= 0.3 is 0 Å². The lowest BCUT2D eigenvalue weighted by atomic mass is 10.5. The maximum atomic E-state index is 5.38.